The summed E-state index contributed by atoms with van der Waals surface area (Å²) in [4.78, 5) is 21.4. The number of carbonyl (C=O) groups is 1. The second kappa shape index (κ2) is 5.20. The maximum absolute atomic E-state index is 11.2. The first kappa shape index (κ1) is 14.5. The maximum atomic E-state index is 11.2. The number of hydrogen-bond acceptors (Lipinski definition) is 4. The van der Waals surface area contributed by atoms with Crippen LogP contribution < -0.4 is 5.32 Å². The van der Waals surface area contributed by atoms with Crippen LogP contribution in [0.25, 0.3) is 0 Å². The van der Waals surface area contributed by atoms with Crippen molar-refractivity contribution in [2.45, 2.75) is 26.8 Å². The van der Waals surface area contributed by atoms with Gasteiger partial charge in [0.2, 0.25) is 0 Å². The quantitative estimate of drug-likeness (QED) is 0.616. The topological polar surface area (TPSA) is 92.5 Å². The Balaban J connectivity index is 2.09. The van der Waals surface area contributed by atoms with Crippen LogP contribution >= 0.6 is 0 Å². The van der Waals surface area contributed by atoms with Crippen LogP contribution in [0, 0.1) is 21.4 Å². The van der Waals surface area contributed by atoms with Crippen molar-refractivity contribution in [2.75, 3.05) is 6.54 Å². The molecule has 1 aliphatic carbocycles. The van der Waals surface area contributed by atoms with Crippen LogP contribution in [0.5, 0.6) is 0 Å². The SMILES string of the molecule is CC1(C)CC1CNCc1cccc([N+](=O)[O-])c1C(=O)O. The number of hydrogen-bond donors (Lipinski definition) is 2. The Labute approximate surface area is 117 Å². The summed E-state index contributed by atoms with van der Waals surface area (Å²) in [5.41, 5.74) is 0.222. The van der Waals surface area contributed by atoms with Crippen LogP contribution in [0.1, 0.15) is 36.2 Å². The van der Waals surface area contributed by atoms with E-state index in [-0.39, 0.29) is 11.3 Å². The van der Waals surface area contributed by atoms with Crippen molar-refractivity contribution in [3.8, 4) is 0 Å². The van der Waals surface area contributed by atoms with E-state index in [9.17, 15) is 14.9 Å². The highest BCUT2D eigenvalue weighted by atomic mass is 16.6. The first-order valence-corrected chi connectivity index (χ1v) is 6.53. The number of benzene rings is 1. The van der Waals surface area contributed by atoms with Crippen LogP contribution in [0.3, 0.4) is 0 Å². The molecule has 6 heteroatoms. The average Bonchev–Trinajstić information content (AvgIpc) is 2.96. The number of aromatic carboxylic acids is 1. The zero-order valence-corrected chi connectivity index (χ0v) is 11.5. The smallest absolute Gasteiger partial charge is 0.343 e. The largest absolute Gasteiger partial charge is 0.477 e. The monoisotopic (exact) mass is 278 g/mol. The third-order valence-corrected chi connectivity index (χ3v) is 3.96. The summed E-state index contributed by atoms with van der Waals surface area (Å²) in [6, 6.07) is 4.35. The van der Waals surface area contributed by atoms with E-state index in [1.807, 2.05) is 0 Å². The highest BCUT2D eigenvalue weighted by Gasteiger charge is 2.44. The van der Waals surface area contributed by atoms with Crippen LogP contribution in [-0.2, 0) is 6.54 Å². The fraction of sp³-hybridized carbons (Fsp3) is 0.500. The first-order chi connectivity index (χ1) is 9.33. The van der Waals surface area contributed by atoms with Gasteiger partial charge >= 0.3 is 5.97 Å². The minimum atomic E-state index is -1.26. The molecule has 6 nitrogen and oxygen atoms in total. The van der Waals surface area contributed by atoms with Gasteiger partial charge in [0.15, 0.2) is 0 Å². The van der Waals surface area contributed by atoms with E-state index in [0.29, 0.717) is 23.4 Å². The molecule has 1 aromatic carbocycles. The van der Waals surface area contributed by atoms with Crippen molar-refractivity contribution < 1.29 is 14.8 Å². The molecule has 0 saturated heterocycles. The molecule has 0 bridgehead atoms. The molecule has 2 N–H and O–H groups in total. The zero-order chi connectivity index (χ0) is 14.9. The van der Waals surface area contributed by atoms with Gasteiger partial charge in [-0.05, 0) is 29.9 Å². The lowest BCUT2D eigenvalue weighted by molar-refractivity contribution is -0.385. The van der Waals surface area contributed by atoms with Crippen molar-refractivity contribution in [1.29, 1.82) is 0 Å². The van der Waals surface area contributed by atoms with Gasteiger partial charge in [0.05, 0.1) is 4.92 Å². The molecule has 1 saturated carbocycles. The van der Waals surface area contributed by atoms with Gasteiger partial charge in [-0.2, -0.15) is 0 Å². The summed E-state index contributed by atoms with van der Waals surface area (Å²) in [5.74, 6) is -0.671. The van der Waals surface area contributed by atoms with E-state index in [4.69, 9.17) is 5.11 Å². The lowest BCUT2D eigenvalue weighted by Crippen LogP contribution is -2.20. The fourth-order valence-corrected chi connectivity index (χ4v) is 2.44. The average molecular weight is 278 g/mol. The van der Waals surface area contributed by atoms with Gasteiger partial charge in [0.1, 0.15) is 5.56 Å². The molecule has 1 aromatic rings. The lowest BCUT2D eigenvalue weighted by atomic mass is 10.1. The van der Waals surface area contributed by atoms with E-state index in [2.05, 4.69) is 19.2 Å². The van der Waals surface area contributed by atoms with E-state index in [1.54, 1.807) is 6.07 Å². The standard InChI is InChI=1S/C14H18N2O4/c1-14(2)6-10(14)8-15-7-9-4-3-5-11(16(19)20)12(9)13(17)18/h3-5,10,15H,6-8H2,1-2H3,(H,17,18). The molecular weight excluding hydrogens is 260 g/mol. The number of nitrogens with one attached hydrogen (secondary N) is 1. The van der Waals surface area contributed by atoms with Crippen LogP contribution in [0.2, 0.25) is 0 Å². The third-order valence-electron chi connectivity index (χ3n) is 3.96. The summed E-state index contributed by atoms with van der Waals surface area (Å²) >= 11 is 0. The number of nitrogens with zero attached hydrogens (tertiary/aromatic N) is 1. The Morgan fingerprint density at radius 1 is 1.55 bits per heavy atom. The molecule has 0 radical (unpaired) electrons. The molecular formula is C14H18N2O4. The second-order valence-electron chi connectivity index (χ2n) is 5.89. The predicted molar refractivity (Wildman–Crippen MR) is 73.7 cm³/mol. The Morgan fingerprint density at radius 2 is 2.20 bits per heavy atom. The molecule has 1 atom stereocenters. The highest BCUT2D eigenvalue weighted by molar-refractivity contribution is 5.94. The number of carboxylic acids is 1. The maximum Gasteiger partial charge on any atom is 0.343 e. The Kier molecular flexibility index (Phi) is 3.76. The molecule has 1 unspecified atom stereocenters. The molecule has 0 heterocycles. The van der Waals surface area contributed by atoms with Gasteiger partial charge in [-0.1, -0.05) is 26.0 Å². The van der Waals surface area contributed by atoms with Gasteiger partial charge in [-0.25, -0.2) is 4.79 Å². The zero-order valence-electron chi connectivity index (χ0n) is 11.5. The number of nitro benzene ring substituents is 1. The van der Waals surface area contributed by atoms with Gasteiger partial charge in [-0.15, -0.1) is 0 Å². The number of rotatable bonds is 6. The summed E-state index contributed by atoms with van der Waals surface area (Å²) in [6.45, 7) is 5.51. The molecule has 0 amide bonds. The molecule has 1 aliphatic rings. The molecule has 2 rings (SSSR count). The minimum absolute atomic E-state index is 0.222. The van der Waals surface area contributed by atoms with Crippen molar-refractivity contribution in [3.63, 3.8) is 0 Å². The Morgan fingerprint density at radius 3 is 2.70 bits per heavy atom. The normalized spacial score (nSPS) is 19.6. The summed E-state index contributed by atoms with van der Waals surface area (Å²) in [5, 5.41) is 23.2. The van der Waals surface area contributed by atoms with Gasteiger partial charge < -0.3 is 10.4 Å². The molecule has 0 aliphatic heterocycles. The lowest BCUT2D eigenvalue weighted by Gasteiger charge is -2.09. The fourth-order valence-electron chi connectivity index (χ4n) is 2.44. The number of nitro groups is 1. The van der Waals surface area contributed by atoms with E-state index in [1.165, 1.54) is 12.1 Å². The highest BCUT2D eigenvalue weighted by Crippen LogP contribution is 2.51. The van der Waals surface area contributed by atoms with E-state index < -0.39 is 10.9 Å². The summed E-state index contributed by atoms with van der Waals surface area (Å²) in [6.07, 6.45) is 1.15. The van der Waals surface area contributed by atoms with Crippen LogP contribution in [0.15, 0.2) is 18.2 Å². The van der Waals surface area contributed by atoms with E-state index in [0.717, 1.165) is 13.0 Å². The molecule has 20 heavy (non-hydrogen) atoms. The summed E-state index contributed by atoms with van der Waals surface area (Å²) < 4.78 is 0. The Hall–Kier alpha value is -1.95. The van der Waals surface area contributed by atoms with Crippen molar-refractivity contribution >= 4 is 11.7 Å². The molecule has 0 aromatic heterocycles. The number of carboxylic acid groups (broad SMARTS) is 1. The first-order valence-electron chi connectivity index (χ1n) is 6.53. The van der Waals surface area contributed by atoms with Gasteiger partial charge in [0, 0.05) is 12.6 Å². The minimum Gasteiger partial charge on any atom is -0.477 e. The van der Waals surface area contributed by atoms with Crippen molar-refractivity contribution in [3.05, 3.63) is 39.4 Å². The Bertz CT molecular complexity index is 554. The van der Waals surface area contributed by atoms with Gasteiger partial charge in [-0.3, -0.25) is 10.1 Å². The third kappa shape index (κ3) is 2.96. The molecule has 0 spiro atoms. The van der Waals surface area contributed by atoms with Crippen molar-refractivity contribution in [2.24, 2.45) is 11.3 Å². The molecule has 1 fully saturated rings. The predicted octanol–water partition coefficient (Wildman–Crippen LogP) is 2.43. The second-order valence-corrected chi connectivity index (χ2v) is 5.89. The van der Waals surface area contributed by atoms with Gasteiger partial charge in [0.25, 0.3) is 5.69 Å². The van der Waals surface area contributed by atoms with Crippen molar-refractivity contribution in [1.82, 2.24) is 5.32 Å². The van der Waals surface area contributed by atoms with Crippen LogP contribution in [-0.4, -0.2) is 22.5 Å². The molecule has 108 valence electrons. The summed E-state index contributed by atoms with van der Waals surface area (Å²) in [7, 11) is 0. The van der Waals surface area contributed by atoms with E-state index >= 15 is 0 Å². The van der Waals surface area contributed by atoms with Crippen LogP contribution in [0.4, 0.5) is 5.69 Å².